The fourth-order valence-electron chi connectivity index (χ4n) is 2.46. The van der Waals surface area contributed by atoms with E-state index in [-0.39, 0.29) is 0 Å². The number of ether oxygens (including phenoxy) is 1. The first-order valence-electron chi connectivity index (χ1n) is 6.46. The molecule has 0 N–H and O–H groups in total. The van der Waals surface area contributed by atoms with Crippen LogP contribution in [0.5, 0.6) is 5.75 Å². The summed E-state index contributed by atoms with van der Waals surface area (Å²) in [5.41, 5.74) is 0.646. The Hall–Kier alpha value is -1.01. The lowest BCUT2D eigenvalue weighted by atomic mass is 9.80. The topological polar surface area (TPSA) is 33.0 Å². The minimum absolute atomic E-state index is 0.316. The van der Waals surface area contributed by atoms with Gasteiger partial charge < -0.3 is 4.74 Å². The molecule has 18 heavy (non-hydrogen) atoms. The highest BCUT2D eigenvalue weighted by molar-refractivity contribution is 9.10. The van der Waals surface area contributed by atoms with E-state index in [1.165, 1.54) is 6.42 Å². The highest BCUT2D eigenvalue weighted by Gasteiger charge is 2.25. The number of hydrogen-bond acceptors (Lipinski definition) is 2. The van der Waals surface area contributed by atoms with Crippen molar-refractivity contribution in [2.45, 2.75) is 39.2 Å². The van der Waals surface area contributed by atoms with Crippen molar-refractivity contribution in [3.63, 3.8) is 0 Å². The predicted molar refractivity (Wildman–Crippen MR) is 75.5 cm³/mol. The summed E-state index contributed by atoms with van der Waals surface area (Å²) in [7, 11) is 0. The van der Waals surface area contributed by atoms with Gasteiger partial charge in [-0.1, -0.05) is 13.8 Å². The number of nitriles is 1. The van der Waals surface area contributed by atoms with Gasteiger partial charge in [-0.15, -0.1) is 0 Å². The molecule has 0 bridgehead atoms. The Labute approximate surface area is 117 Å². The maximum Gasteiger partial charge on any atom is 0.120 e. The van der Waals surface area contributed by atoms with Crippen molar-refractivity contribution >= 4 is 15.9 Å². The van der Waals surface area contributed by atoms with Crippen LogP contribution in [0.15, 0.2) is 22.7 Å². The van der Waals surface area contributed by atoms with Gasteiger partial charge in [-0.05, 0) is 65.2 Å². The maximum atomic E-state index is 8.87. The minimum atomic E-state index is 0.316. The molecule has 0 aliphatic heterocycles. The van der Waals surface area contributed by atoms with Crippen LogP contribution in [0.3, 0.4) is 0 Å². The Morgan fingerprint density at radius 1 is 1.28 bits per heavy atom. The van der Waals surface area contributed by atoms with Crippen LogP contribution in [-0.4, -0.2) is 6.10 Å². The average molecular weight is 308 g/mol. The number of halogens is 1. The summed E-state index contributed by atoms with van der Waals surface area (Å²) in [6, 6.07) is 7.71. The molecule has 0 saturated heterocycles. The van der Waals surface area contributed by atoms with Crippen LogP contribution in [0.25, 0.3) is 0 Å². The van der Waals surface area contributed by atoms with Gasteiger partial charge in [0.2, 0.25) is 0 Å². The lowest BCUT2D eigenvalue weighted by molar-refractivity contribution is 0.101. The normalized spacial score (nSPS) is 27.6. The van der Waals surface area contributed by atoms with Crippen LogP contribution in [0.1, 0.15) is 38.7 Å². The molecule has 0 spiro atoms. The molecule has 1 aliphatic carbocycles. The molecule has 0 heterocycles. The second-order valence-electron chi connectivity index (χ2n) is 5.26. The quantitative estimate of drug-likeness (QED) is 0.804. The summed E-state index contributed by atoms with van der Waals surface area (Å²) in [5.74, 6) is 2.38. The van der Waals surface area contributed by atoms with Gasteiger partial charge in [0.25, 0.3) is 0 Å². The Balaban J connectivity index is 2.02. The molecule has 0 aromatic heterocycles. The van der Waals surface area contributed by atoms with E-state index < -0.39 is 0 Å². The third-order valence-corrected chi connectivity index (χ3v) is 4.57. The van der Waals surface area contributed by atoms with Gasteiger partial charge in [-0.2, -0.15) is 5.26 Å². The highest BCUT2D eigenvalue weighted by atomic mass is 79.9. The van der Waals surface area contributed by atoms with E-state index in [9.17, 15) is 0 Å². The number of benzene rings is 1. The first-order chi connectivity index (χ1) is 8.60. The standard InChI is InChI=1S/C15H18BrNO/c1-10-3-5-13(7-11(10)2)18-14-6-4-12(9-17)15(16)8-14/h4,6,8,10-11,13H,3,5,7H2,1-2H3. The van der Waals surface area contributed by atoms with Crippen molar-refractivity contribution < 1.29 is 4.74 Å². The van der Waals surface area contributed by atoms with E-state index in [1.807, 2.05) is 12.1 Å². The molecule has 1 aromatic carbocycles. The summed E-state index contributed by atoms with van der Waals surface area (Å²) in [5, 5.41) is 8.87. The zero-order valence-corrected chi connectivity index (χ0v) is 12.4. The van der Waals surface area contributed by atoms with E-state index in [0.29, 0.717) is 11.7 Å². The second kappa shape index (κ2) is 5.75. The Morgan fingerprint density at radius 3 is 2.67 bits per heavy atom. The molecule has 1 aromatic rings. The van der Waals surface area contributed by atoms with Crippen molar-refractivity contribution in [2.75, 3.05) is 0 Å². The molecule has 96 valence electrons. The summed E-state index contributed by atoms with van der Waals surface area (Å²) in [6.45, 7) is 4.62. The lowest BCUT2D eigenvalue weighted by Gasteiger charge is -2.32. The van der Waals surface area contributed by atoms with Crippen LogP contribution in [0, 0.1) is 23.2 Å². The van der Waals surface area contributed by atoms with Crippen LogP contribution in [0.4, 0.5) is 0 Å². The van der Waals surface area contributed by atoms with Crippen molar-refractivity contribution in [1.82, 2.24) is 0 Å². The van der Waals surface area contributed by atoms with Crippen molar-refractivity contribution in [3.8, 4) is 11.8 Å². The van der Waals surface area contributed by atoms with Gasteiger partial charge in [0, 0.05) is 4.47 Å². The summed E-state index contributed by atoms with van der Waals surface area (Å²) < 4.78 is 6.82. The van der Waals surface area contributed by atoms with Crippen molar-refractivity contribution in [3.05, 3.63) is 28.2 Å². The van der Waals surface area contributed by atoms with Gasteiger partial charge in [-0.25, -0.2) is 0 Å². The first kappa shape index (κ1) is 13.4. The van der Waals surface area contributed by atoms with E-state index in [1.54, 1.807) is 6.07 Å². The van der Waals surface area contributed by atoms with E-state index in [2.05, 4.69) is 35.8 Å². The van der Waals surface area contributed by atoms with E-state index in [4.69, 9.17) is 10.00 Å². The minimum Gasteiger partial charge on any atom is -0.490 e. The molecule has 0 radical (unpaired) electrons. The SMILES string of the molecule is CC1CCC(Oc2ccc(C#N)c(Br)c2)CC1C. The third kappa shape index (κ3) is 3.05. The molecule has 1 fully saturated rings. The van der Waals surface area contributed by atoms with E-state index in [0.717, 1.165) is 34.9 Å². The zero-order valence-electron chi connectivity index (χ0n) is 10.8. The molecule has 3 heteroatoms. The highest BCUT2D eigenvalue weighted by Crippen LogP contribution is 2.32. The molecule has 0 amide bonds. The van der Waals surface area contributed by atoms with Gasteiger partial charge in [0.1, 0.15) is 11.8 Å². The number of nitrogens with zero attached hydrogens (tertiary/aromatic N) is 1. The smallest absolute Gasteiger partial charge is 0.120 e. The Kier molecular flexibility index (Phi) is 4.29. The predicted octanol–water partition coefficient (Wildman–Crippen LogP) is 4.52. The van der Waals surface area contributed by atoms with Gasteiger partial charge in [0.05, 0.1) is 11.7 Å². The number of hydrogen-bond donors (Lipinski definition) is 0. The molecular formula is C15H18BrNO. The van der Waals surface area contributed by atoms with Gasteiger partial charge in [0.15, 0.2) is 0 Å². The fraction of sp³-hybridized carbons (Fsp3) is 0.533. The largest absolute Gasteiger partial charge is 0.490 e. The number of rotatable bonds is 2. The summed E-state index contributed by atoms with van der Waals surface area (Å²) in [6.07, 6.45) is 3.81. The monoisotopic (exact) mass is 307 g/mol. The molecule has 1 saturated carbocycles. The van der Waals surface area contributed by atoms with Crippen LogP contribution < -0.4 is 4.74 Å². The first-order valence-corrected chi connectivity index (χ1v) is 7.25. The van der Waals surface area contributed by atoms with Gasteiger partial charge >= 0.3 is 0 Å². The molecule has 2 rings (SSSR count). The Morgan fingerprint density at radius 2 is 2.06 bits per heavy atom. The molecule has 2 nitrogen and oxygen atoms in total. The third-order valence-electron chi connectivity index (χ3n) is 3.91. The molecule has 3 atom stereocenters. The van der Waals surface area contributed by atoms with Crippen molar-refractivity contribution in [1.29, 1.82) is 5.26 Å². The maximum absolute atomic E-state index is 8.87. The zero-order chi connectivity index (χ0) is 13.1. The molecule has 1 aliphatic rings. The van der Waals surface area contributed by atoms with E-state index >= 15 is 0 Å². The summed E-state index contributed by atoms with van der Waals surface area (Å²) >= 11 is 3.39. The van der Waals surface area contributed by atoms with Crippen LogP contribution in [0.2, 0.25) is 0 Å². The average Bonchev–Trinajstić information content (AvgIpc) is 2.34. The fourth-order valence-corrected chi connectivity index (χ4v) is 2.90. The van der Waals surface area contributed by atoms with Crippen LogP contribution >= 0.6 is 15.9 Å². The second-order valence-corrected chi connectivity index (χ2v) is 6.12. The Bertz CT molecular complexity index is 466. The summed E-state index contributed by atoms with van der Waals surface area (Å²) in [4.78, 5) is 0. The van der Waals surface area contributed by atoms with Gasteiger partial charge in [-0.3, -0.25) is 0 Å². The van der Waals surface area contributed by atoms with Crippen molar-refractivity contribution in [2.24, 2.45) is 11.8 Å². The molecular weight excluding hydrogens is 290 g/mol. The molecule has 3 unspecified atom stereocenters. The lowest BCUT2D eigenvalue weighted by Crippen LogP contribution is -2.28. The van der Waals surface area contributed by atoms with Crippen LogP contribution in [-0.2, 0) is 0 Å².